The van der Waals surface area contributed by atoms with E-state index in [1.165, 1.54) is 12.1 Å². The van der Waals surface area contributed by atoms with Gasteiger partial charge in [0.2, 0.25) is 0 Å². The van der Waals surface area contributed by atoms with Gasteiger partial charge in [-0.2, -0.15) is 0 Å². The summed E-state index contributed by atoms with van der Waals surface area (Å²) in [6, 6.07) is 3.39. The molecule has 0 spiro atoms. The molecule has 0 bridgehead atoms. The molecule has 106 valence electrons. The lowest BCUT2D eigenvalue weighted by Crippen LogP contribution is -2.50. The van der Waals surface area contributed by atoms with E-state index >= 15 is 0 Å². The molecule has 1 N–H and O–H groups in total. The number of nitrogens with zero attached hydrogens (tertiary/aromatic N) is 1. The molecule has 0 amide bonds. The van der Waals surface area contributed by atoms with E-state index in [-0.39, 0.29) is 5.75 Å². The summed E-state index contributed by atoms with van der Waals surface area (Å²) in [5.41, 5.74) is -0.518. The number of hydrogen-bond acceptors (Lipinski definition) is 3. The third kappa shape index (κ3) is 4.14. The summed E-state index contributed by atoms with van der Waals surface area (Å²) < 4.78 is 32.1. The van der Waals surface area contributed by atoms with Crippen molar-refractivity contribution in [2.75, 3.05) is 32.7 Å². The minimum absolute atomic E-state index is 0.0986. The second-order valence-electron chi connectivity index (χ2n) is 5.46. The number of nitrogens with one attached hydrogen (secondary N) is 1. The van der Waals surface area contributed by atoms with Crippen molar-refractivity contribution >= 4 is 0 Å². The third-order valence-electron chi connectivity index (χ3n) is 3.09. The van der Waals surface area contributed by atoms with E-state index < -0.39 is 17.2 Å². The highest BCUT2D eigenvalue weighted by molar-refractivity contribution is 5.25. The number of hydrogen-bond donors (Lipinski definition) is 1. The highest BCUT2D eigenvalue weighted by Crippen LogP contribution is 2.23. The topological polar surface area (TPSA) is 24.5 Å². The third-order valence-corrected chi connectivity index (χ3v) is 3.09. The van der Waals surface area contributed by atoms with E-state index in [0.717, 1.165) is 32.2 Å². The Morgan fingerprint density at radius 2 is 1.95 bits per heavy atom. The van der Waals surface area contributed by atoms with Crippen LogP contribution in [0.15, 0.2) is 18.2 Å². The van der Waals surface area contributed by atoms with Gasteiger partial charge in [0.25, 0.3) is 0 Å². The maximum absolute atomic E-state index is 13.6. The normalized spacial score (nSPS) is 17.5. The van der Waals surface area contributed by atoms with Crippen LogP contribution in [0.4, 0.5) is 8.78 Å². The summed E-state index contributed by atoms with van der Waals surface area (Å²) in [5, 5.41) is 3.28. The minimum atomic E-state index is -0.659. The fourth-order valence-electron chi connectivity index (χ4n) is 2.30. The van der Waals surface area contributed by atoms with Gasteiger partial charge in [-0.25, -0.2) is 8.78 Å². The van der Waals surface area contributed by atoms with E-state index in [9.17, 15) is 8.78 Å². The molecule has 2 rings (SSSR count). The van der Waals surface area contributed by atoms with Crippen LogP contribution in [0.5, 0.6) is 5.75 Å². The first kappa shape index (κ1) is 14.2. The molecule has 1 fully saturated rings. The summed E-state index contributed by atoms with van der Waals surface area (Å²) in [7, 11) is 0. The Kier molecular flexibility index (Phi) is 4.37. The number of benzene rings is 1. The number of halogens is 2. The lowest BCUT2D eigenvalue weighted by atomic mass is 10.1. The van der Waals surface area contributed by atoms with E-state index in [4.69, 9.17) is 4.74 Å². The van der Waals surface area contributed by atoms with Crippen LogP contribution in [0.3, 0.4) is 0 Å². The van der Waals surface area contributed by atoms with Gasteiger partial charge in [-0.15, -0.1) is 0 Å². The molecule has 0 aromatic heterocycles. The number of ether oxygens (including phenoxy) is 1. The van der Waals surface area contributed by atoms with Crippen molar-refractivity contribution in [2.24, 2.45) is 0 Å². The molecule has 0 saturated carbocycles. The summed E-state index contributed by atoms with van der Waals surface area (Å²) in [4.78, 5) is 2.28. The average Bonchev–Trinajstić information content (AvgIpc) is 2.33. The molecule has 19 heavy (non-hydrogen) atoms. The van der Waals surface area contributed by atoms with Gasteiger partial charge in [0, 0.05) is 38.8 Å². The Bertz CT molecular complexity index is 431. The van der Waals surface area contributed by atoms with Gasteiger partial charge in [0.05, 0.1) is 0 Å². The average molecular weight is 270 g/mol. The fourth-order valence-corrected chi connectivity index (χ4v) is 2.30. The summed E-state index contributed by atoms with van der Waals surface area (Å²) in [5.74, 6) is -1.15. The molecular weight excluding hydrogens is 250 g/mol. The fraction of sp³-hybridized carbons (Fsp3) is 0.571. The van der Waals surface area contributed by atoms with Crippen molar-refractivity contribution in [2.45, 2.75) is 19.4 Å². The van der Waals surface area contributed by atoms with Crippen LogP contribution in [0.2, 0.25) is 0 Å². The zero-order valence-electron chi connectivity index (χ0n) is 11.4. The Morgan fingerprint density at radius 1 is 1.26 bits per heavy atom. The van der Waals surface area contributed by atoms with Crippen LogP contribution in [0.25, 0.3) is 0 Å². The highest BCUT2D eigenvalue weighted by atomic mass is 19.1. The van der Waals surface area contributed by atoms with Crippen molar-refractivity contribution in [3.63, 3.8) is 0 Å². The first-order valence-electron chi connectivity index (χ1n) is 6.53. The Morgan fingerprint density at radius 3 is 2.58 bits per heavy atom. The molecule has 0 unspecified atom stereocenters. The first-order chi connectivity index (χ1) is 8.96. The smallest absolute Gasteiger partial charge is 0.168 e. The maximum Gasteiger partial charge on any atom is 0.168 e. The number of piperazine rings is 1. The van der Waals surface area contributed by atoms with Crippen molar-refractivity contribution in [1.29, 1.82) is 0 Å². The molecular formula is C14H20F2N2O. The Labute approximate surface area is 112 Å². The minimum Gasteiger partial charge on any atom is -0.483 e. The second kappa shape index (κ2) is 5.84. The van der Waals surface area contributed by atoms with Crippen molar-refractivity contribution in [3.05, 3.63) is 29.8 Å². The van der Waals surface area contributed by atoms with E-state index in [1.54, 1.807) is 0 Å². The number of rotatable bonds is 4. The molecule has 3 nitrogen and oxygen atoms in total. The van der Waals surface area contributed by atoms with Crippen molar-refractivity contribution in [3.8, 4) is 5.75 Å². The zero-order chi connectivity index (χ0) is 13.9. The Hall–Kier alpha value is -1.20. The summed E-state index contributed by atoms with van der Waals surface area (Å²) in [6.07, 6.45) is 0. The standard InChI is InChI=1S/C14H20F2N2O/c1-14(2,10-18-7-5-17-6-8-18)19-13-4-3-11(15)9-12(13)16/h3-4,9,17H,5-8,10H2,1-2H3. The van der Waals surface area contributed by atoms with Crippen LogP contribution in [0, 0.1) is 11.6 Å². The maximum atomic E-state index is 13.6. The highest BCUT2D eigenvalue weighted by Gasteiger charge is 2.25. The molecule has 0 radical (unpaired) electrons. The van der Waals surface area contributed by atoms with Gasteiger partial charge in [0.15, 0.2) is 11.6 Å². The van der Waals surface area contributed by atoms with E-state index in [2.05, 4.69) is 10.2 Å². The van der Waals surface area contributed by atoms with Crippen LogP contribution >= 0.6 is 0 Å². The largest absolute Gasteiger partial charge is 0.483 e. The molecule has 1 heterocycles. The lowest BCUT2D eigenvalue weighted by Gasteiger charge is -2.35. The molecule has 1 aromatic rings. The van der Waals surface area contributed by atoms with Crippen LogP contribution < -0.4 is 10.1 Å². The van der Waals surface area contributed by atoms with E-state index in [0.29, 0.717) is 6.54 Å². The van der Waals surface area contributed by atoms with Gasteiger partial charge in [-0.1, -0.05) is 0 Å². The predicted molar refractivity (Wildman–Crippen MR) is 70.4 cm³/mol. The van der Waals surface area contributed by atoms with Gasteiger partial charge >= 0.3 is 0 Å². The SMILES string of the molecule is CC(C)(CN1CCNCC1)Oc1ccc(F)cc1F. The van der Waals surface area contributed by atoms with Gasteiger partial charge in [0.1, 0.15) is 11.4 Å². The van der Waals surface area contributed by atoms with Gasteiger partial charge in [-0.05, 0) is 26.0 Å². The predicted octanol–water partition coefficient (Wildman–Crippen LogP) is 2.03. The molecule has 1 aliphatic heterocycles. The second-order valence-corrected chi connectivity index (χ2v) is 5.46. The zero-order valence-corrected chi connectivity index (χ0v) is 11.4. The van der Waals surface area contributed by atoms with Crippen LogP contribution in [-0.4, -0.2) is 43.2 Å². The molecule has 0 aliphatic carbocycles. The van der Waals surface area contributed by atoms with Crippen molar-refractivity contribution < 1.29 is 13.5 Å². The van der Waals surface area contributed by atoms with Gasteiger partial charge < -0.3 is 10.1 Å². The quantitative estimate of drug-likeness (QED) is 0.906. The van der Waals surface area contributed by atoms with Crippen LogP contribution in [0.1, 0.15) is 13.8 Å². The molecule has 0 atom stereocenters. The van der Waals surface area contributed by atoms with Crippen LogP contribution in [-0.2, 0) is 0 Å². The van der Waals surface area contributed by atoms with E-state index in [1.807, 2.05) is 13.8 Å². The molecule has 5 heteroatoms. The first-order valence-corrected chi connectivity index (χ1v) is 6.53. The molecule has 1 aliphatic rings. The molecule has 1 saturated heterocycles. The Balaban J connectivity index is 1.99. The summed E-state index contributed by atoms with van der Waals surface area (Å²) >= 11 is 0. The molecule has 1 aromatic carbocycles. The summed E-state index contributed by atoms with van der Waals surface area (Å²) in [6.45, 7) is 8.38. The monoisotopic (exact) mass is 270 g/mol. The lowest BCUT2D eigenvalue weighted by molar-refractivity contribution is 0.0512. The van der Waals surface area contributed by atoms with Gasteiger partial charge in [-0.3, -0.25) is 4.90 Å². The van der Waals surface area contributed by atoms with Crippen molar-refractivity contribution in [1.82, 2.24) is 10.2 Å².